The lowest BCUT2D eigenvalue weighted by molar-refractivity contribution is -0.119. The Morgan fingerprint density at radius 2 is 0.836 bits per heavy atom. The van der Waals surface area contributed by atoms with Gasteiger partial charge in [-0.25, -0.2) is 33.7 Å². The van der Waals surface area contributed by atoms with Gasteiger partial charge in [0.05, 0.1) is 59.7 Å². The predicted molar refractivity (Wildman–Crippen MR) is 290 cm³/mol. The number of nitrogens with zero attached hydrogens (tertiary/aromatic N) is 3. The van der Waals surface area contributed by atoms with Gasteiger partial charge in [0.2, 0.25) is 36.0 Å². The first-order valence-corrected chi connectivity index (χ1v) is 31.9. The summed E-state index contributed by atoms with van der Waals surface area (Å²) in [7, 11) is -9.68. The van der Waals surface area contributed by atoms with Crippen LogP contribution < -0.4 is 11.1 Å². The zero-order valence-corrected chi connectivity index (χ0v) is 50.1. The third-order valence-corrected chi connectivity index (χ3v) is 21.4. The van der Waals surface area contributed by atoms with E-state index in [1.165, 1.54) is 62.3 Å². The van der Waals surface area contributed by atoms with Gasteiger partial charge >= 0.3 is 0 Å². The Labute approximate surface area is 478 Å². The number of nitrogens with one attached hydrogen (secondary N) is 1. The zero-order valence-electron chi connectivity index (χ0n) is 38.5. The number of nitrogens with two attached hydrogens (primary N) is 1. The fraction of sp³-hybridized carbons (Fsp3) is 0.405. The van der Waals surface area contributed by atoms with E-state index in [0.29, 0.717) is 103 Å². The van der Waals surface area contributed by atoms with Crippen LogP contribution in [0, 0.1) is 6.92 Å². The number of benzene rings is 4. The summed E-state index contributed by atoms with van der Waals surface area (Å²) in [6.45, 7) is 7.60. The molecule has 4 aromatic rings. The highest BCUT2D eigenvalue weighted by molar-refractivity contribution is 9.08. The van der Waals surface area contributed by atoms with Crippen LogP contribution in [0.4, 0.5) is 0 Å². The fourth-order valence-corrected chi connectivity index (χ4v) is 15.7. The summed E-state index contributed by atoms with van der Waals surface area (Å²) in [6.07, 6.45) is 0. The Morgan fingerprint density at radius 3 is 1.18 bits per heavy atom. The van der Waals surface area contributed by atoms with Gasteiger partial charge in [-0.3, -0.25) is 4.79 Å². The van der Waals surface area contributed by atoms with Gasteiger partial charge < -0.3 is 25.3 Å². The van der Waals surface area contributed by atoms with Crippen LogP contribution in [-0.4, -0.2) is 131 Å². The van der Waals surface area contributed by atoms with Crippen molar-refractivity contribution in [1.82, 2.24) is 18.2 Å². The van der Waals surface area contributed by atoms with Gasteiger partial charge in [0.15, 0.2) is 0 Å². The average Bonchev–Trinajstić information content (AvgIpc) is 3.34. The third kappa shape index (κ3) is 17.7. The quantitative estimate of drug-likeness (QED) is 0.106. The van der Waals surface area contributed by atoms with Crippen LogP contribution in [0.5, 0.6) is 0 Å². The number of morpholine rings is 3. The maximum Gasteiger partial charge on any atom is 0.262 e. The van der Waals surface area contributed by atoms with Crippen molar-refractivity contribution in [2.45, 2.75) is 51.8 Å². The average molecular weight is 1340 g/mol. The molecular weight excluding hydrogens is 1290 g/mol. The molecule has 31 heteroatoms. The van der Waals surface area contributed by atoms with E-state index in [2.05, 4.69) is 21.2 Å². The molecule has 7 rings (SSSR count). The van der Waals surface area contributed by atoms with E-state index in [1.807, 2.05) is 0 Å². The number of sulfonamides is 3. The highest BCUT2D eigenvalue weighted by atomic mass is 79.9. The topological polar surface area (TPSA) is 229 Å². The van der Waals surface area contributed by atoms with Crippen molar-refractivity contribution >= 4 is 164 Å². The predicted octanol–water partition coefficient (Wildman–Crippen LogP) is 9.26. The lowest BCUT2D eigenvalue weighted by atomic mass is 10.2. The summed E-state index contributed by atoms with van der Waals surface area (Å²) in [5.41, 5.74) is 8.14. The molecule has 3 fully saturated rings. The highest BCUT2D eigenvalue weighted by Gasteiger charge is 2.32. The summed E-state index contributed by atoms with van der Waals surface area (Å²) in [4.78, 5) is 10.8. The molecule has 0 unspecified atom stereocenters. The minimum atomic E-state index is -3.82. The van der Waals surface area contributed by atoms with Crippen LogP contribution in [0.3, 0.4) is 0 Å². The Balaban J connectivity index is 0.000000214. The lowest BCUT2D eigenvalue weighted by Crippen LogP contribution is -2.40. The van der Waals surface area contributed by atoms with Crippen molar-refractivity contribution in [3.63, 3.8) is 0 Å². The molecule has 3 heterocycles. The standard InChI is InChI=1S/C13H16Cl2N2O4S.C11H12BrCl2NO3S.C11H14Cl2N2O3S.C7H5Cl3O2S/c1-9(18)16-8-10-6-12(15)13(7-11(10)14)22(19,20)17-2-4-21-5-3-17;12-7-8-5-10(14)11(6-9(8)13)19(16,17)15-1-3-18-4-2-15;12-9-6-11(10(13)5-8(9)7-14)19(16,17)15-1-3-18-4-2-15;1-4-2-6(9)7(3-5(4)8)13(10,11)12/h6-7H,2-5,8H2,1H3,(H,16,18);5-6H,1-4,7H2;5-6H,1-4,7,14H2;2-3H,1H3. The van der Waals surface area contributed by atoms with Gasteiger partial charge in [0, 0.05) is 95.4 Å². The van der Waals surface area contributed by atoms with Gasteiger partial charge in [-0.1, -0.05) is 109 Å². The van der Waals surface area contributed by atoms with Gasteiger partial charge in [-0.2, -0.15) is 12.9 Å². The van der Waals surface area contributed by atoms with Crippen LogP contribution in [0.2, 0.25) is 40.2 Å². The molecule has 0 aliphatic carbocycles. The monoisotopic (exact) mass is 1330 g/mol. The molecule has 0 saturated carbocycles. The summed E-state index contributed by atoms with van der Waals surface area (Å²) in [5, 5.41) is 4.84. The number of halogens is 10. The zero-order chi connectivity index (χ0) is 54.6. The Kier molecular flexibility index (Phi) is 25.4. The van der Waals surface area contributed by atoms with E-state index in [1.54, 1.807) is 13.0 Å². The molecule has 73 heavy (non-hydrogen) atoms. The number of aryl methyl sites for hydroxylation is 1. The largest absolute Gasteiger partial charge is 0.379 e. The molecule has 3 saturated heterocycles. The van der Waals surface area contributed by atoms with E-state index >= 15 is 0 Å². The van der Waals surface area contributed by atoms with Crippen molar-refractivity contribution in [3.05, 3.63) is 111 Å². The van der Waals surface area contributed by atoms with Gasteiger partial charge in [0.25, 0.3) is 9.05 Å². The van der Waals surface area contributed by atoms with Gasteiger partial charge in [0.1, 0.15) is 19.6 Å². The number of carbonyl (C=O) groups excluding carboxylic acids is 1. The number of hydrogen-bond donors (Lipinski definition) is 2. The number of hydrogen-bond acceptors (Lipinski definition) is 13. The molecule has 0 atom stereocenters. The molecule has 0 spiro atoms. The van der Waals surface area contributed by atoms with Gasteiger partial charge in [-0.15, -0.1) is 0 Å². The van der Waals surface area contributed by atoms with Crippen LogP contribution in [0.1, 0.15) is 29.2 Å². The Bertz CT molecular complexity index is 2970. The number of ether oxygens (including phenoxy) is 3. The number of carbonyl (C=O) groups is 1. The molecule has 406 valence electrons. The second kappa shape index (κ2) is 28.7. The molecule has 3 aliphatic heterocycles. The maximum absolute atomic E-state index is 12.6. The SMILES string of the molecule is CC(=O)NCc1cc(Cl)c(S(=O)(=O)N2CCOCC2)cc1Cl.Cc1cc(Cl)c(S(=O)(=O)Cl)cc1Cl.NCc1cc(Cl)c(S(=O)(=O)N2CCOCC2)cc1Cl.O=S(=O)(c1cc(Cl)c(CBr)cc1Cl)N1CCOCC1. The molecular formula is C42H47BrCl9N5O12S4. The summed E-state index contributed by atoms with van der Waals surface area (Å²) in [6, 6.07) is 11.3. The van der Waals surface area contributed by atoms with E-state index < -0.39 is 39.1 Å². The molecule has 3 aliphatic rings. The molecule has 17 nitrogen and oxygen atoms in total. The van der Waals surface area contributed by atoms with E-state index in [4.69, 9.17) is 123 Å². The van der Waals surface area contributed by atoms with Gasteiger partial charge in [-0.05, 0) is 77.7 Å². The van der Waals surface area contributed by atoms with E-state index in [0.717, 1.165) is 5.56 Å². The molecule has 3 N–H and O–H groups in total. The first-order valence-electron chi connectivity index (χ1n) is 21.2. The molecule has 0 aromatic heterocycles. The Morgan fingerprint density at radius 1 is 0.521 bits per heavy atom. The number of amides is 1. The molecule has 1 amide bonds. The molecule has 0 bridgehead atoms. The Hall–Kier alpha value is -1.04. The smallest absolute Gasteiger partial charge is 0.262 e. The normalized spacial score (nSPS) is 16.2. The van der Waals surface area contributed by atoms with Crippen molar-refractivity contribution in [3.8, 4) is 0 Å². The van der Waals surface area contributed by atoms with Crippen LogP contribution >= 0.6 is 119 Å². The molecule has 4 aromatic carbocycles. The van der Waals surface area contributed by atoms with Crippen LogP contribution in [0.25, 0.3) is 0 Å². The van der Waals surface area contributed by atoms with E-state index in [9.17, 15) is 38.5 Å². The number of alkyl halides is 1. The molecule has 0 radical (unpaired) electrons. The second-order valence-corrected chi connectivity index (χ2v) is 27.5. The third-order valence-electron chi connectivity index (χ3n) is 10.4. The highest BCUT2D eigenvalue weighted by Crippen LogP contribution is 2.35. The lowest BCUT2D eigenvalue weighted by Gasteiger charge is -2.26. The minimum absolute atomic E-state index is 0.0123. The maximum atomic E-state index is 12.6. The minimum Gasteiger partial charge on any atom is -0.379 e. The van der Waals surface area contributed by atoms with E-state index in [-0.39, 0.29) is 76.8 Å². The van der Waals surface area contributed by atoms with Crippen molar-refractivity contribution in [2.24, 2.45) is 5.73 Å². The van der Waals surface area contributed by atoms with Crippen molar-refractivity contribution in [2.75, 3.05) is 78.9 Å². The first-order chi connectivity index (χ1) is 34.1. The summed E-state index contributed by atoms with van der Waals surface area (Å²) in [5.74, 6) is -0.211. The fourth-order valence-electron chi connectivity index (χ4n) is 6.51. The summed E-state index contributed by atoms with van der Waals surface area (Å²) >= 11 is 51.0. The van der Waals surface area contributed by atoms with Crippen molar-refractivity contribution in [1.29, 1.82) is 0 Å². The second-order valence-electron chi connectivity index (χ2n) is 15.4. The first kappa shape index (κ1) is 64.5. The van der Waals surface area contributed by atoms with Crippen LogP contribution in [0.15, 0.2) is 68.1 Å². The number of rotatable bonds is 11. The van der Waals surface area contributed by atoms with Crippen molar-refractivity contribution < 1.29 is 52.7 Å². The summed E-state index contributed by atoms with van der Waals surface area (Å²) < 4.78 is 116. The van der Waals surface area contributed by atoms with Crippen LogP contribution in [-0.2, 0) is 76.5 Å².